The van der Waals surface area contributed by atoms with Gasteiger partial charge in [-0.1, -0.05) is 0 Å². The van der Waals surface area contributed by atoms with Crippen molar-refractivity contribution in [3.05, 3.63) is 21.6 Å². The van der Waals surface area contributed by atoms with Crippen molar-refractivity contribution in [1.29, 1.82) is 0 Å². The van der Waals surface area contributed by atoms with Crippen molar-refractivity contribution in [3.63, 3.8) is 0 Å². The van der Waals surface area contributed by atoms with Crippen molar-refractivity contribution in [3.8, 4) is 0 Å². The summed E-state index contributed by atoms with van der Waals surface area (Å²) in [5.74, 6) is 0.638. The zero-order chi connectivity index (χ0) is 15.3. The number of nitrogens with zero attached hydrogens (tertiary/aromatic N) is 1. The van der Waals surface area contributed by atoms with E-state index in [1.807, 2.05) is 0 Å². The molecule has 21 heavy (non-hydrogen) atoms. The highest BCUT2D eigenvalue weighted by molar-refractivity contribution is 5.33. The lowest BCUT2D eigenvalue weighted by atomic mass is 9.80. The molecule has 0 bridgehead atoms. The largest absolute Gasteiger partial charge is 0.353 e. The first kappa shape index (κ1) is 14.6. The molecule has 1 aliphatic carbocycles. The summed E-state index contributed by atoms with van der Waals surface area (Å²) in [7, 11) is 0. The smallest absolute Gasteiger partial charge is 0.255 e. The van der Waals surface area contributed by atoms with E-state index in [0.717, 1.165) is 43.4 Å². The minimum absolute atomic E-state index is 0.0347. The maximum absolute atomic E-state index is 12.1. The summed E-state index contributed by atoms with van der Waals surface area (Å²) >= 11 is 0. The molecule has 3 N–H and O–H groups in total. The summed E-state index contributed by atoms with van der Waals surface area (Å²) in [6.07, 6.45) is 4.86. The number of nitrogens with one attached hydrogen (secondary N) is 3. The highest BCUT2D eigenvalue weighted by Crippen LogP contribution is 2.30. The Morgan fingerprint density at radius 1 is 1.14 bits per heavy atom. The third kappa shape index (κ3) is 3.12. The highest BCUT2D eigenvalue weighted by atomic mass is 16.1. The fourth-order valence-electron chi connectivity index (χ4n) is 4.13. The monoisotopic (exact) mass is 290 g/mol. The van der Waals surface area contributed by atoms with Crippen molar-refractivity contribution in [2.75, 3.05) is 5.32 Å². The number of rotatable bonds is 2. The van der Waals surface area contributed by atoms with E-state index in [-0.39, 0.29) is 16.6 Å². The van der Waals surface area contributed by atoms with E-state index in [4.69, 9.17) is 0 Å². The molecule has 0 amide bonds. The molecule has 1 aliphatic heterocycles. The van der Waals surface area contributed by atoms with Gasteiger partial charge in [0.15, 0.2) is 0 Å². The van der Waals surface area contributed by atoms with Gasteiger partial charge < -0.3 is 10.6 Å². The van der Waals surface area contributed by atoms with E-state index in [2.05, 4.69) is 48.3 Å². The zero-order valence-electron chi connectivity index (χ0n) is 13.5. The van der Waals surface area contributed by atoms with Crippen LogP contribution in [0, 0.1) is 0 Å². The van der Waals surface area contributed by atoms with Crippen molar-refractivity contribution in [2.45, 2.75) is 76.9 Å². The van der Waals surface area contributed by atoms with Gasteiger partial charge in [0.1, 0.15) is 0 Å². The molecule has 0 unspecified atom stereocenters. The minimum atomic E-state index is 0.0347. The third-order valence-corrected chi connectivity index (χ3v) is 4.47. The molecule has 2 aliphatic rings. The molecule has 5 nitrogen and oxygen atoms in total. The first-order valence-electron chi connectivity index (χ1n) is 7.92. The molecule has 1 saturated heterocycles. The number of aryl methyl sites for hydroxylation is 1. The molecule has 1 fully saturated rings. The van der Waals surface area contributed by atoms with E-state index in [1.54, 1.807) is 0 Å². The first-order valence-corrected chi connectivity index (χ1v) is 7.92. The molecule has 1 aromatic rings. The lowest BCUT2D eigenvalue weighted by Crippen LogP contribution is -2.60. The Labute approximate surface area is 125 Å². The molecular formula is C16H26N4O. The Morgan fingerprint density at radius 2 is 1.81 bits per heavy atom. The van der Waals surface area contributed by atoms with Gasteiger partial charge in [-0.05, 0) is 59.8 Å². The predicted molar refractivity (Wildman–Crippen MR) is 84.8 cm³/mol. The summed E-state index contributed by atoms with van der Waals surface area (Å²) in [6.45, 7) is 8.89. The van der Waals surface area contributed by atoms with Crippen LogP contribution in [0.25, 0.3) is 0 Å². The van der Waals surface area contributed by atoms with Crippen LogP contribution in [0.2, 0.25) is 0 Å². The SMILES string of the molecule is CC1(C)CC(Nc2nc3c(c(=O)[nH]2)CCC3)CC(C)(C)N1. The van der Waals surface area contributed by atoms with E-state index in [0.29, 0.717) is 12.0 Å². The van der Waals surface area contributed by atoms with Gasteiger partial charge in [0, 0.05) is 22.7 Å². The maximum atomic E-state index is 12.1. The standard InChI is InChI=1S/C16H26N4O/c1-15(2)8-10(9-16(3,4)20-15)17-14-18-12-7-5-6-11(12)13(21)19-14/h10,20H,5-9H2,1-4H3,(H2,17,18,19,21). The van der Waals surface area contributed by atoms with Gasteiger partial charge in [-0.25, -0.2) is 4.98 Å². The number of hydrogen-bond donors (Lipinski definition) is 3. The van der Waals surface area contributed by atoms with Gasteiger partial charge in [0.2, 0.25) is 5.95 Å². The lowest BCUT2D eigenvalue weighted by molar-refractivity contribution is 0.170. The first-order chi connectivity index (χ1) is 9.74. The van der Waals surface area contributed by atoms with Crippen molar-refractivity contribution in [2.24, 2.45) is 0 Å². The fourth-order valence-corrected chi connectivity index (χ4v) is 4.13. The van der Waals surface area contributed by atoms with Crippen molar-refractivity contribution in [1.82, 2.24) is 15.3 Å². The zero-order valence-corrected chi connectivity index (χ0v) is 13.5. The lowest BCUT2D eigenvalue weighted by Gasteiger charge is -2.46. The number of H-pyrrole nitrogens is 1. The van der Waals surface area contributed by atoms with Crippen LogP contribution in [0.5, 0.6) is 0 Å². The van der Waals surface area contributed by atoms with Crippen LogP contribution in [0.4, 0.5) is 5.95 Å². The maximum Gasteiger partial charge on any atom is 0.255 e. The molecule has 2 heterocycles. The van der Waals surface area contributed by atoms with Crippen molar-refractivity contribution >= 4 is 5.95 Å². The van der Waals surface area contributed by atoms with Crippen LogP contribution in [-0.4, -0.2) is 27.1 Å². The van der Waals surface area contributed by atoms with Gasteiger partial charge in [0.05, 0.1) is 5.69 Å². The molecular weight excluding hydrogens is 264 g/mol. The molecule has 1 aromatic heterocycles. The summed E-state index contributed by atoms with van der Waals surface area (Å²) < 4.78 is 0. The molecule has 3 rings (SSSR count). The fraction of sp³-hybridized carbons (Fsp3) is 0.750. The van der Waals surface area contributed by atoms with Crippen LogP contribution < -0.4 is 16.2 Å². The number of fused-ring (bicyclic) bond motifs is 1. The van der Waals surface area contributed by atoms with Gasteiger partial charge in [-0.3, -0.25) is 9.78 Å². The Bertz CT molecular complexity index is 587. The van der Waals surface area contributed by atoms with E-state index in [9.17, 15) is 4.79 Å². The molecule has 5 heteroatoms. The summed E-state index contributed by atoms with van der Waals surface area (Å²) in [5.41, 5.74) is 2.06. The quantitative estimate of drug-likeness (QED) is 0.779. The Morgan fingerprint density at radius 3 is 2.48 bits per heavy atom. The second kappa shape index (κ2) is 4.83. The topological polar surface area (TPSA) is 69.8 Å². The third-order valence-electron chi connectivity index (χ3n) is 4.47. The van der Waals surface area contributed by atoms with Crippen LogP contribution in [-0.2, 0) is 12.8 Å². The minimum Gasteiger partial charge on any atom is -0.353 e. The Kier molecular flexibility index (Phi) is 3.35. The molecule has 0 atom stereocenters. The van der Waals surface area contributed by atoms with Gasteiger partial charge in [-0.15, -0.1) is 0 Å². The van der Waals surface area contributed by atoms with Gasteiger partial charge in [-0.2, -0.15) is 0 Å². The molecule has 0 radical (unpaired) electrons. The average Bonchev–Trinajstić information content (AvgIpc) is 2.72. The van der Waals surface area contributed by atoms with E-state index < -0.39 is 0 Å². The number of anilines is 1. The molecule has 116 valence electrons. The summed E-state index contributed by atoms with van der Waals surface area (Å²) in [6, 6.07) is 0.318. The van der Waals surface area contributed by atoms with E-state index in [1.165, 1.54) is 0 Å². The Hall–Kier alpha value is -1.36. The molecule has 0 aromatic carbocycles. The second-order valence-corrected chi connectivity index (χ2v) is 7.84. The summed E-state index contributed by atoms with van der Waals surface area (Å²) in [5, 5.41) is 7.12. The van der Waals surface area contributed by atoms with Crippen LogP contribution in [0.15, 0.2) is 4.79 Å². The summed E-state index contributed by atoms with van der Waals surface area (Å²) in [4.78, 5) is 19.6. The van der Waals surface area contributed by atoms with Crippen LogP contribution in [0.3, 0.4) is 0 Å². The number of aromatic amines is 1. The average molecular weight is 290 g/mol. The molecule has 0 spiro atoms. The Balaban J connectivity index is 1.81. The molecule has 0 saturated carbocycles. The number of aromatic nitrogens is 2. The number of piperidine rings is 1. The number of hydrogen-bond acceptors (Lipinski definition) is 4. The normalized spacial score (nSPS) is 23.8. The van der Waals surface area contributed by atoms with Crippen LogP contribution in [0.1, 0.15) is 58.2 Å². The van der Waals surface area contributed by atoms with Crippen molar-refractivity contribution < 1.29 is 0 Å². The highest BCUT2D eigenvalue weighted by Gasteiger charge is 2.37. The van der Waals surface area contributed by atoms with Gasteiger partial charge in [0.25, 0.3) is 5.56 Å². The second-order valence-electron chi connectivity index (χ2n) is 7.84. The predicted octanol–water partition coefficient (Wildman–Crippen LogP) is 1.98. The van der Waals surface area contributed by atoms with Crippen LogP contribution >= 0.6 is 0 Å². The van der Waals surface area contributed by atoms with Gasteiger partial charge >= 0.3 is 0 Å². The van der Waals surface area contributed by atoms with E-state index >= 15 is 0 Å².